The Morgan fingerprint density at radius 3 is 3.00 bits per heavy atom. The number of aromatic nitrogens is 1. The van der Waals surface area contributed by atoms with Crippen LogP contribution in [0, 0.1) is 0 Å². The number of benzene rings is 1. The number of nitrogens with two attached hydrogens (primary N) is 1. The molecular weight excluding hydrogens is 240 g/mol. The predicted molar refractivity (Wildman–Crippen MR) is 67.3 cm³/mol. The minimum atomic E-state index is -0.651. The van der Waals surface area contributed by atoms with Crippen molar-refractivity contribution >= 4 is 36.2 Å². The van der Waals surface area contributed by atoms with E-state index in [1.807, 2.05) is 0 Å². The van der Waals surface area contributed by atoms with E-state index in [2.05, 4.69) is 23.1 Å². The first kappa shape index (κ1) is 11.3. The molecule has 0 spiro atoms. The quantitative estimate of drug-likeness (QED) is 0.729. The lowest BCUT2D eigenvalue weighted by Gasteiger charge is -2.13. The first-order valence-corrected chi connectivity index (χ1v) is 5.12. The molecule has 1 aromatic carbocycles. The largest absolute Gasteiger partial charge is 0.432 e. The highest BCUT2D eigenvalue weighted by atomic mass is 32.1. The highest BCUT2D eigenvalue weighted by molar-refractivity contribution is 7.82. The van der Waals surface area contributed by atoms with Crippen LogP contribution in [0.15, 0.2) is 41.1 Å². The van der Waals surface area contributed by atoms with Crippen molar-refractivity contribution in [3.8, 4) is 0 Å². The Morgan fingerprint density at radius 2 is 2.35 bits per heavy atom. The van der Waals surface area contributed by atoms with Crippen LogP contribution in [0.4, 0.5) is 22.2 Å². The van der Waals surface area contributed by atoms with Crippen LogP contribution in [0.3, 0.4) is 0 Å². The molecule has 6 nitrogen and oxygen atoms in total. The Kier molecular flexibility index (Phi) is 3.20. The van der Waals surface area contributed by atoms with Gasteiger partial charge in [-0.15, -0.1) is 0 Å². The van der Waals surface area contributed by atoms with Crippen LogP contribution in [0.1, 0.15) is 0 Å². The maximum Gasteiger partial charge on any atom is 0.329 e. The summed E-state index contributed by atoms with van der Waals surface area (Å²) in [5, 5.41) is 2.93. The Bertz CT molecular complexity index is 515. The van der Waals surface area contributed by atoms with Crippen LogP contribution < -0.4 is 15.4 Å². The van der Waals surface area contributed by atoms with Gasteiger partial charge in [0.15, 0.2) is 0 Å². The van der Waals surface area contributed by atoms with E-state index in [1.54, 1.807) is 24.3 Å². The molecule has 0 fully saturated rings. The van der Waals surface area contributed by atoms with Crippen LogP contribution in [0.2, 0.25) is 0 Å². The number of primary amides is 1. The van der Waals surface area contributed by atoms with E-state index >= 15 is 0 Å². The fraction of sp³-hybridized carbons (Fsp3) is 0. The van der Waals surface area contributed by atoms with Crippen molar-refractivity contribution in [1.82, 2.24) is 4.98 Å². The van der Waals surface area contributed by atoms with Gasteiger partial charge in [0.2, 0.25) is 0 Å². The highest BCUT2D eigenvalue weighted by Crippen LogP contribution is 2.22. The second-order valence-electron chi connectivity index (χ2n) is 3.16. The summed E-state index contributed by atoms with van der Waals surface area (Å²) in [4.78, 5) is 14.9. The molecule has 1 heterocycles. The zero-order valence-electron chi connectivity index (χ0n) is 8.70. The number of nitrogens with one attached hydrogen (secondary N) is 1. The van der Waals surface area contributed by atoms with E-state index in [0.717, 1.165) is 4.31 Å². The number of anilines is 3. The lowest BCUT2D eigenvalue weighted by atomic mass is 10.3. The summed E-state index contributed by atoms with van der Waals surface area (Å²) in [5.41, 5.74) is 6.38. The van der Waals surface area contributed by atoms with E-state index in [4.69, 9.17) is 10.2 Å². The molecule has 2 rings (SSSR count). The van der Waals surface area contributed by atoms with Gasteiger partial charge in [0, 0.05) is 5.69 Å². The second kappa shape index (κ2) is 4.79. The number of oxazole rings is 1. The standard InChI is InChI=1S/C10H10N4O2S/c11-9(15)14(17)8-3-1-2-7(6-8)13-10-12-4-5-16-10/h1-6,17H,(H2,11,15)(H,12,13). The van der Waals surface area contributed by atoms with E-state index < -0.39 is 6.03 Å². The number of rotatable bonds is 3. The molecule has 0 saturated carbocycles. The van der Waals surface area contributed by atoms with Gasteiger partial charge in [-0.25, -0.2) is 14.1 Å². The van der Waals surface area contributed by atoms with Crippen molar-refractivity contribution in [3.05, 3.63) is 36.7 Å². The van der Waals surface area contributed by atoms with Gasteiger partial charge in [0.05, 0.1) is 11.9 Å². The molecule has 3 N–H and O–H groups in total. The van der Waals surface area contributed by atoms with Crippen molar-refractivity contribution in [3.63, 3.8) is 0 Å². The molecule has 2 amide bonds. The molecule has 0 bridgehead atoms. The van der Waals surface area contributed by atoms with Crippen LogP contribution in [-0.4, -0.2) is 11.0 Å². The minimum absolute atomic E-state index is 0.368. The van der Waals surface area contributed by atoms with Gasteiger partial charge in [-0.05, 0) is 18.2 Å². The molecule has 88 valence electrons. The van der Waals surface area contributed by atoms with Crippen LogP contribution in [0.25, 0.3) is 0 Å². The van der Waals surface area contributed by atoms with Crippen LogP contribution in [-0.2, 0) is 0 Å². The van der Waals surface area contributed by atoms with Gasteiger partial charge < -0.3 is 15.5 Å². The average Bonchev–Trinajstić information content (AvgIpc) is 2.81. The third-order valence-corrected chi connectivity index (χ3v) is 2.41. The highest BCUT2D eigenvalue weighted by Gasteiger charge is 2.08. The molecule has 7 heteroatoms. The molecule has 2 aromatic rings. The van der Waals surface area contributed by atoms with Gasteiger partial charge >= 0.3 is 6.03 Å². The lowest BCUT2D eigenvalue weighted by Crippen LogP contribution is -2.27. The number of nitrogens with zero attached hydrogens (tertiary/aromatic N) is 2. The summed E-state index contributed by atoms with van der Waals surface area (Å²) in [6.07, 6.45) is 2.99. The van der Waals surface area contributed by atoms with E-state index in [9.17, 15) is 4.79 Å². The smallest absolute Gasteiger partial charge is 0.329 e. The molecule has 17 heavy (non-hydrogen) atoms. The van der Waals surface area contributed by atoms with Crippen LogP contribution >= 0.6 is 12.8 Å². The van der Waals surface area contributed by atoms with Gasteiger partial charge in [-0.3, -0.25) is 0 Å². The molecule has 0 aliphatic carbocycles. The maximum absolute atomic E-state index is 10.9. The SMILES string of the molecule is NC(=O)N(S)c1cccc(Nc2ncco2)c1. The summed E-state index contributed by atoms with van der Waals surface area (Å²) >= 11 is 3.97. The van der Waals surface area contributed by atoms with Gasteiger partial charge in [-0.1, -0.05) is 18.9 Å². The van der Waals surface area contributed by atoms with Crippen molar-refractivity contribution < 1.29 is 9.21 Å². The molecule has 0 aliphatic rings. The Balaban J connectivity index is 2.19. The maximum atomic E-state index is 10.9. The second-order valence-corrected chi connectivity index (χ2v) is 3.56. The monoisotopic (exact) mass is 250 g/mol. The zero-order valence-corrected chi connectivity index (χ0v) is 9.59. The predicted octanol–water partition coefficient (Wildman–Crippen LogP) is 2.15. The summed E-state index contributed by atoms with van der Waals surface area (Å²) in [7, 11) is 0. The van der Waals surface area contributed by atoms with Gasteiger partial charge in [0.1, 0.15) is 6.26 Å². The number of urea groups is 1. The molecule has 0 aliphatic heterocycles. The number of amides is 2. The molecule has 0 unspecified atom stereocenters. The van der Waals surface area contributed by atoms with E-state index in [1.165, 1.54) is 12.5 Å². The third-order valence-electron chi connectivity index (χ3n) is 1.98. The molecule has 0 radical (unpaired) electrons. The molecule has 1 aromatic heterocycles. The van der Waals surface area contributed by atoms with Gasteiger partial charge in [0.25, 0.3) is 6.01 Å². The van der Waals surface area contributed by atoms with Gasteiger partial charge in [-0.2, -0.15) is 0 Å². The van der Waals surface area contributed by atoms with Crippen molar-refractivity contribution in [1.29, 1.82) is 0 Å². The van der Waals surface area contributed by atoms with Crippen LogP contribution in [0.5, 0.6) is 0 Å². The topological polar surface area (TPSA) is 84.4 Å². The third kappa shape index (κ3) is 2.70. The number of carbonyl (C=O) groups is 1. The van der Waals surface area contributed by atoms with Crippen molar-refractivity contribution in [2.24, 2.45) is 5.73 Å². The molecular formula is C10H10N4O2S. The molecule has 0 atom stereocenters. The first-order chi connectivity index (χ1) is 8.16. The van der Waals surface area contributed by atoms with Crippen molar-refractivity contribution in [2.45, 2.75) is 0 Å². The zero-order chi connectivity index (χ0) is 12.3. The Labute approximate surface area is 103 Å². The minimum Gasteiger partial charge on any atom is -0.432 e. The summed E-state index contributed by atoms with van der Waals surface area (Å²) in [6, 6.07) is 6.68. The fourth-order valence-corrected chi connectivity index (χ4v) is 1.38. The number of thiol groups is 1. The average molecular weight is 250 g/mol. The normalized spacial score (nSPS) is 9.94. The summed E-state index contributed by atoms with van der Waals surface area (Å²) < 4.78 is 6.08. The number of hydrogen-bond acceptors (Lipinski definition) is 5. The van der Waals surface area contributed by atoms with E-state index in [-0.39, 0.29) is 0 Å². The fourth-order valence-electron chi connectivity index (χ4n) is 1.25. The van der Waals surface area contributed by atoms with Crippen molar-refractivity contribution in [2.75, 3.05) is 9.62 Å². The Morgan fingerprint density at radius 1 is 1.53 bits per heavy atom. The van der Waals surface area contributed by atoms with E-state index in [0.29, 0.717) is 17.4 Å². The number of hydrogen-bond donors (Lipinski definition) is 3. The molecule has 0 saturated heterocycles. The first-order valence-electron chi connectivity index (χ1n) is 4.72. The summed E-state index contributed by atoms with van der Waals surface area (Å²) in [6.45, 7) is 0. The number of carbonyl (C=O) groups excluding carboxylic acids is 1. The lowest BCUT2D eigenvalue weighted by molar-refractivity contribution is 0.257. The summed E-state index contributed by atoms with van der Waals surface area (Å²) in [5.74, 6) is 0. The Hall–Kier alpha value is -2.15.